The molecule has 9 unspecified atom stereocenters. The molecule has 4 nitrogen and oxygen atoms in total. The molecule has 32 heavy (non-hydrogen) atoms. The normalized spacial score (nSPS) is 49.3. The third-order valence-corrected chi connectivity index (χ3v) is 11.7. The third-order valence-electron chi connectivity index (χ3n) is 11.7. The van der Waals surface area contributed by atoms with Crippen molar-refractivity contribution >= 4 is 5.97 Å². The highest BCUT2D eigenvalue weighted by Gasteiger charge is 2.64. The minimum atomic E-state index is -0.276. The molecule has 0 aromatic rings. The summed E-state index contributed by atoms with van der Waals surface area (Å²) in [6, 6.07) is 0. The van der Waals surface area contributed by atoms with Crippen LogP contribution in [0.1, 0.15) is 106 Å². The molecule has 0 saturated heterocycles. The van der Waals surface area contributed by atoms with Gasteiger partial charge in [-0.2, -0.15) is 0 Å². The largest absolute Gasteiger partial charge is 0.461 e. The van der Waals surface area contributed by atoms with Crippen molar-refractivity contribution in [3.8, 4) is 0 Å². The zero-order valence-corrected chi connectivity index (χ0v) is 21.3. The van der Waals surface area contributed by atoms with Crippen LogP contribution in [0.4, 0.5) is 0 Å². The Morgan fingerprint density at radius 3 is 2.00 bits per heavy atom. The van der Waals surface area contributed by atoms with E-state index in [1.807, 2.05) is 0 Å². The van der Waals surface area contributed by atoms with E-state index in [2.05, 4.69) is 41.5 Å². The van der Waals surface area contributed by atoms with Gasteiger partial charge >= 0.3 is 5.97 Å². The summed E-state index contributed by atoms with van der Waals surface area (Å²) in [6.07, 6.45) is 11.1. The predicted molar refractivity (Wildman–Crippen MR) is 125 cm³/mol. The van der Waals surface area contributed by atoms with Crippen LogP contribution in [0.15, 0.2) is 0 Å². The van der Waals surface area contributed by atoms with E-state index < -0.39 is 0 Å². The van der Waals surface area contributed by atoms with Gasteiger partial charge in [0.05, 0.1) is 5.92 Å². The van der Waals surface area contributed by atoms with Crippen LogP contribution in [0.5, 0.6) is 0 Å². The van der Waals surface area contributed by atoms with Crippen LogP contribution < -0.4 is 0 Å². The van der Waals surface area contributed by atoms with E-state index in [4.69, 9.17) is 9.62 Å². The Hall–Kier alpha value is -0.610. The number of carbonyl (C=O) groups is 1. The summed E-state index contributed by atoms with van der Waals surface area (Å²) in [4.78, 5) is 19.1. The maximum atomic E-state index is 13.7. The second-order valence-electron chi connectivity index (χ2n) is 14.2. The van der Waals surface area contributed by atoms with Crippen molar-refractivity contribution in [1.29, 1.82) is 0 Å². The number of ether oxygens (including phenoxy) is 1. The molecule has 5 aliphatic carbocycles. The second kappa shape index (κ2) is 7.44. The van der Waals surface area contributed by atoms with Crippen LogP contribution >= 0.6 is 0 Å². The van der Waals surface area contributed by atoms with E-state index in [-0.39, 0.29) is 57.6 Å². The predicted octanol–water partition coefficient (Wildman–Crippen LogP) is 6.87. The average Bonchev–Trinajstić information content (AvgIpc) is 3.42. The van der Waals surface area contributed by atoms with Crippen LogP contribution in [0.3, 0.4) is 0 Å². The van der Waals surface area contributed by atoms with Crippen molar-refractivity contribution in [3.05, 3.63) is 0 Å². The first-order valence-corrected chi connectivity index (χ1v) is 13.4. The first kappa shape index (κ1) is 23.1. The lowest BCUT2D eigenvalue weighted by molar-refractivity contribution is -0.322. The Morgan fingerprint density at radius 2 is 1.44 bits per heavy atom. The molecule has 0 radical (unpaired) electrons. The van der Waals surface area contributed by atoms with Crippen LogP contribution in [-0.2, 0) is 14.4 Å². The van der Waals surface area contributed by atoms with Crippen molar-refractivity contribution in [1.82, 2.24) is 0 Å². The molecule has 5 aliphatic rings. The van der Waals surface area contributed by atoms with E-state index in [1.165, 1.54) is 38.5 Å². The Kier molecular flexibility index (Phi) is 5.38. The first-order chi connectivity index (χ1) is 14.9. The minimum Gasteiger partial charge on any atom is -0.461 e. The SMILES string of the molecule is CC12CCC(C1)C(C)(C)C2OC(=O)C1CCCCC1C(OO)C1C2(C)CCC(C2)C1(C)C. The van der Waals surface area contributed by atoms with Gasteiger partial charge in [-0.15, -0.1) is 0 Å². The lowest BCUT2D eigenvalue weighted by Gasteiger charge is -2.49. The maximum Gasteiger partial charge on any atom is 0.309 e. The lowest BCUT2D eigenvalue weighted by Crippen LogP contribution is -2.51. The van der Waals surface area contributed by atoms with E-state index in [9.17, 15) is 10.1 Å². The molecule has 0 spiro atoms. The Balaban J connectivity index is 1.39. The van der Waals surface area contributed by atoms with Crippen molar-refractivity contribution in [2.24, 2.45) is 51.2 Å². The summed E-state index contributed by atoms with van der Waals surface area (Å²) < 4.78 is 6.45. The van der Waals surface area contributed by atoms with Crippen LogP contribution in [0.25, 0.3) is 0 Å². The van der Waals surface area contributed by atoms with Gasteiger partial charge in [-0.1, -0.05) is 54.4 Å². The van der Waals surface area contributed by atoms with E-state index in [0.717, 1.165) is 25.7 Å². The van der Waals surface area contributed by atoms with Crippen LogP contribution in [0, 0.1) is 51.2 Å². The molecule has 4 heteroatoms. The number of hydrogen-bond donors (Lipinski definition) is 1. The number of carbonyl (C=O) groups excluding carboxylic acids is 1. The Labute approximate surface area is 195 Å². The minimum absolute atomic E-state index is 0.00812. The fraction of sp³-hybridized carbons (Fsp3) is 0.964. The van der Waals surface area contributed by atoms with Gasteiger partial charge in [-0.3, -0.25) is 10.1 Å². The molecule has 0 amide bonds. The quantitative estimate of drug-likeness (QED) is 0.284. The molecule has 1 N–H and O–H groups in total. The van der Waals surface area contributed by atoms with Crippen LogP contribution in [0.2, 0.25) is 0 Å². The molecule has 182 valence electrons. The first-order valence-electron chi connectivity index (χ1n) is 13.4. The van der Waals surface area contributed by atoms with Gasteiger partial charge in [0, 0.05) is 16.7 Å². The topological polar surface area (TPSA) is 55.8 Å². The fourth-order valence-corrected chi connectivity index (χ4v) is 10.1. The molecule has 0 aromatic heterocycles. The number of fused-ring (bicyclic) bond motifs is 4. The molecular formula is C28H46O4. The second-order valence-corrected chi connectivity index (χ2v) is 14.2. The number of esters is 1. The zero-order valence-electron chi connectivity index (χ0n) is 21.3. The fourth-order valence-electron chi connectivity index (χ4n) is 10.1. The molecule has 0 heterocycles. The zero-order chi connectivity index (χ0) is 23.1. The van der Waals surface area contributed by atoms with Crippen molar-refractivity contribution in [2.75, 3.05) is 0 Å². The molecular weight excluding hydrogens is 400 g/mol. The smallest absolute Gasteiger partial charge is 0.309 e. The highest BCUT2D eigenvalue weighted by molar-refractivity contribution is 5.73. The van der Waals surface area contributed by atoms with Gasteiger partial charge in [-0.05, 0) is 80.0 Å². The summed E-state index contributed by atoms with van der Waals surface area (Å²) in [6.45, 7) is 14.1. The molecule has 5 rings (SSSR count). The van der Waals surface area contributed by atoms with Crippen molar-refractivity contribution < 1.29 is 19.7 Å². The molecule has 4 bridgehead atoms. The molecule has 5 saturated carbocycles. The maximum absolute atomic E-state index is 13.7. The van der Waals surface area contributed by atoms with Gasteiger partial charge in [-0.25, -0.2) is 4.89 Å². The van der Waals surface area contributed by atoms with Gasteiger partial charge < -0.3 is 4.74 Å². The Bertz CT molecular complexity index is 749. The summed E-state index contributed by atoms with van der Waals surface area (Å²) in [5.41, 5.74) is 0.515. The third kappa shape index (κ3) is 3.17. The van der Waals surface area contributed by atoms with E-state index in [0.29, 0.717) is 11.8 Å². The van der Waals surface area contributed by atoms with Gasteiger partial charge in [0.15, 0.2) is 0 Å². The standard InChI is InChI=1S/C28H46O4/c1-25(2)17-11-13-27(5,15-17)22(25)21(32-30)19-9-7-8-10-20(19)23(29)31-24-26(3,4)18-12-14-28(24,6)16-18/h17-22,24,30H,7-16H2,1-6H3. The van der Waals surface area contributed by atoms with E-state index >= 15 is 0 Å². The van der Waals surface area contributed by atoms with Crippen LogP contribution in [-0.4, -0.2) is 23.4 Å². The van der Waals surface area contributed by atoms with Crippen molar-refractivity contribution in [2.45, 2.75) is 118 Å². The monoisotopic (exact) mass is 446 g/mol. The van der Waals surface area contributed by atoms with Gasteiger partial charge in [0.25, 0.3) is 0 Å². The molecule has 9 atom stereocenters. The van der Waals surface area contributed by atoms with E-state index in [1.54, 1.807) is 0 Å². The van der Waals surface area contributed by atoms with Crippen molar-refractivity contribution in [3.63, 3.8) is 0 Å². The average molecular weight is 447 g/mol. The molecule has 5 fully saturated rings. The molecule has 0 aliphatic heterocycles. The summed E-state index contributed by atoms with van der Waals surface area (Å²) in [7, 11) is 0. The summed E-state index contributed by atoms with van der Waals surface area (Å²) in [5, 5.41) is 10.3. The summed E-state index contributed by atoms with van der Waals surface area (Å²) >= 11 is 0. The molecule has 0 aromatic carbocycles. The highest BCUT2D eigenvalue weighted by atomic mass is 17.1. The summed E-state index contributed by atoms with van der Waals surface area (Å²) in [5.74, 6) is 1.52. The number of hydrogen-bond acceptors (Lipinski definition) is 4. The number of rotatable bonds is 5. The van der Waals surface area contributed by atoms with Gasteiger partial charge in [0.1, 0.15) is 12.2 Å². The highest BCUT2D eigenvalue weighted by Crippen LogP contribution is 2.68. The lowest BCUT2D eigenvalue weighted by atomic mass is 9.58. The Morgan fingerprint density at radius 1 is 0.844 bits per heavy atom. The van der Waals surface area contributed by atoms with Gasteiger partial charge in [0.2, 0.25) is 0 Å².